The highest BCUT2D eigenvalue weighted by atomic mass is 16.8. The first-order valence-electron chi connectivity index (χ1n) is 13.7. The van der Waals surface area contributed by atoms with Crippen molar-refractivity contribution < 1.29 is 44.1 Å². The fraction of sp³-hybridized carbons (Fsp3) is 0.778. The maximum Gasteiger partial charge on any atom is 0.210 e. The zero-order valence-electron chi connectivity index (χ0n) is 20.9. The van der Waals surface area contributed by atoms with E-state index in [4.69, 9.17) is 23.7 Å². The number of rotatable bonds is 4. The Morgan fingerprint density at radius 2 is 1.95 bits per heavy atom. The predicted molar refractivity (Wildman–Crippen MR) is 126 cm³/mol. The third-order valence-electron chi connectivity index (χ3n) is 10.4. The van der Waals surface area contributed by atoms with Gasteiger partial charge in [0.15, 0.2) is 23.9 Å². The maximum absolute atomic E-state index is 12.7. The number of benzene rings is 1. The van der Waals surface area contributed by atoms with Gasteiger partial charge in [-0.1, -0.05) is 6.07 Å². The molecule has 4 heterocycles. The minimum atomic E-state index is -1.30. The summed E-state index contributed by atoms with van der Waals surface area (Å²) in [6.45, 7) is 1.40. The Hall–Kier alpha value is -1.50. The van der Waals surface area contributed by atoms with E-state index in [0.29, 0.717) is 36.7 Å². The van der Waals surface area contributed by atoms with Gasteiger partial charge in [0.25, 0.3) is 0 Å². The molecule has 3 aliphatic carbocycles. The number of likely N-dealkylation sites (tertiary alicyclic amines) is 1. The zero-order valence-corrected chi connectivity index (χ0v) is 20.9. The number of hydrogen-bond acceptors (Lipinski definition) is 10. The summed E-state index contributed by atoms with van der Waals surface area (Å²) in [4.78, 5) is 2.49. The molecule has 2 spiro atoms. The average Bonchev–Trinajstić information content (AvgIpc) is 3.52. The van der Waals surface area contributed by atoms with Gasteiger partial charge in [-0.3, -0.25) is 4.90 Å². The molecule has 37 heavy (non-hydrogen) atoms. The molecule has 0 radical (unpaired) electrons. The Labute approximate surface area is 215 Å². The van der Waals surface area contributed by atoms with Crippen LogP contribution in [-0.4, -0.2) is 106 Å². The van der Waals surface area contributed by atoms with Crippen LogP contribution in [-0.2, 0) is 26.0 Å². The number of methoxy groups -OCH3 is 1. The second-order valence-electron chi connectivity index (χ2n) is 12.2. The number of aliphatic hydroxyl groups is 4. The van der Waals surface area contributed by atoms with Gasteiger partial charge in [0.2, 0.25) is 5.79 Å². The number of aliphatic hydroxyl groups excluding tert-OH is 3. The van der Waals surface area contributed by atoms with Crippen molar-refractivity contribution in [3.63, 3.8) is 0 Å². The maximum atomic E-state index is 12.7. The molecule has 3 unspecified atom stereocenters. The summed E-state index contributed by atoms with van der Waals surface area (Å²) >= 11 is 0. The van der Waals surface area contributed by atoms with Gasteiger partial charge in [0.1, 0.15) is 24.4 Å². The van der Waals surface area contributed by atoms with Crippen molar-refractivity contribution in [3.8, 4) is 11.5 Å². The fourth-order valence-electron chi connectivity index (χ4n) is 8.56. The lowest BCUT2D eigenvalue weighted by atomic mass is 9.48. The van der Waals surface area contributed by atoms with Gasteiger partial charge in [-0.2, -0.15) is 0 Å². The first-order chi connectivity index (χ1) is 17.8. The van der Waals surface area contributed by atoms with Crippen molar-refractivity contribution in [2.45, 2.75) is 98.2 Å². The summed E-state index contributed by atoms with van der Waals surface area (Å²) in [6.07, 6.45) is -1.45. The van der Waals surface area contributed by atoms with Crippen molar-refractivity contribution in [2.75, 3.05) is 26.8 Å². The molecule has 4 aliphatic heterocycles. The Balaban J connectivity index is 1.25. The number of piperidine rings is 1. The lowest BCUT2D eigenvalue weighted by molar-refractivity contribution is -0.317. The Morgan fingerprint density at radius 1 is 1.11 bits per heavy atom. The SMILES string of the molecule is COc1ccc2c3c1OC1[C@]4(CC[C@@]5(O)[C@@H](C2)N(CC2CC2)CC[C@]315)OC1O[C@H](CO)[C@@H](O)[C@H](O)C1O4. The van der Waals surface area contributed by atoms with Crippen LogP contribution in [0.1, 0.15) is 43.2 Å². The molecule has 10 heteroatoms. The molecular formula is C27H35NO9. The van der Waals surface area contributed by atoms with Crippen LogP contribution < -0.4 is 9.47 Å². The van der Waals surface area contributed by atoms with Crippen LogP contribution in [0.3, 0.4) is 0 Å². The Kier molecular flexibility index (Phi) is 4.79. The second kappa shape index (κ2) is 7.57. The van der Waals surface area contributed by atoms with E-state index in [0.717, 1.165) is 30.6 Å². The number of fused-ring (bicyclic) bond motifs is 2. The van der Waals surface area contributed by atoms with E-state index in [-0.39, 0.29) is 6.04 Å². The van der Waals surface area contributed by atoms with Crippen LogP contribution in [0.2, 0.25) is 0 Å². The third-order valence-corrected chi connectivity index (χ3v) is 10.4. The quantitative estimate of drug-likeness (QED) is 0.426. The van der Waals surface area contributed by atoms with Gasteiger partial charge in [-0.05, 0) is 56.2 Å². The highest BCUT2D eigenvalue weighted by Crippen LogP contribution is 2.69. The molecule has 8 rings (SSSR count). The molecule has 2 saturated carbocycles. The molecule has 1 aromatic rings. The molecule has 2 bridgehead atoms. The van der Waals surface area contributed by atoms with Crippen molar-refractivity contribution in [3.05, 3.63) is 23.3 Å². The molecule has 0 aromatic heterocycles. The van der Waals surface area contributed by atoms with E-state index in [1.54, 1.807) is 7.11 Å². The Morgan fingerprint density at radius 3 is 2.70 bits per heavy atom. The zero-order chi connectivity index (χ0) is 25.3. The fourth-order valence-corrected chi connectivity index (χ4v) is 8.56. The number of hydrogen-bond donors (Lipinski definition) is 4. The first kappa shape index (κ1) is 23.4. The minimum Gasteiger partial charge on any atom is -0.493 e. The largest absolute Gasteiger partial charge is 0.493 e. The van der Waals surface area contributed by atoms with Crippen molar-refractivity contribution in [1.82, 2.24) is 4.90 Å². The van der Waals surface area contributed by atoms with E-state index in [1.165, 1.54) is 12.8 Å². The lowest BCUT2D eigenvalue weighted by Crippen LogP contribution is -2.79. The van der Waals surface area contributed by atoms with Crippen LogP contribution in [0.15, 0.2) is 12.1 Å². The van der Waals surface area contributed by atoms with E-state index < -0.39 is 60.2 Å². The van der Waals surface area contributed by atoms with Crippen LogP contribution in [0.4, 0.5) is 0 Å². The minimum absolute atomic E-state index is 0.0387. The van der Waals surface area contributed by atoms with Gasteiger partial charge in [0.05, 0.1) is 24.7 Å². The van der Waals surface area contributed by atoms with Gasteiger partial charge < -0.3 is 44.1 Å². The molecule has 10 nitrogen and oxygen atoms in total. The Bertz CT molecular complexity index is 1130. The molecule has 10 atom stereocenters. The number of nitrogens with zero attached hydrogens (tertiary/aromatic N) is 1. The molecular weight excluding hydrogens is 482 g/mol. The smallest absolute Gasteiger partial charge is 0.210 e. The second-order valence-corrected chi connectivity index (χ2v) is 12.2. The van der Waals surface area contributed by atoms with E-state index >= 15 is 0 Å². The molecule has 1 aromatic carbocycles. The van der Waals surface area contributed by atoms with Crippen molar-refractivity contribution in [2.24, 2.45) is 5.92 Å². The van der Waals surface area contributed by atoms with Crippen LogP contribution in [0.25, 0.3) is 0 Å². The summed E-state index contributed by atoms with van der Waals surface area (Å²) in [5.41, 5.74) is 0.333. The topological polar surface area (TPSA) is 130 Å². The van der Waals surface area contributed by atoms with Crippen LogP contribution >= 0.6 is 0 Å². The van der Waals surface area contributed by atoms with Gasteiger partial charge in [-0.15, -0.1) is 0 Å². The van der Waals surface area contributed by atoms with Crippen LogP contribution in [0.5, 0.6) is 11.5 Å². The summed E-state index contributed by atoms with van der Waals surface area (Å²) in [5.74, 6) is 0.663. The van der Waals surface area contributed by atoms with E-state index in [9.17, 15) is 20.4 Å². The van der Waals surface area contributed by atoms with E-state index in [2.05, 4.69) is 11.0 Å². The normalized spacial score (nSPS) is 49.5. The van der Waals surface area contributed by atoms with Crippen molar-refractivity contribution >= 4 is 0 Å². The highest BCUT2D eigenvalue weighted by Gasteiger charge is 2.79. The highest BCUT2D eigenvalue weighted by molar-refractivity contribution is 5.63. The summed E-state index contributed by atoms with van der Waals surface area (Å²) in [6, 6.07) is 4.00. The summed E-state index contributed by atoms with van der Waals surface area (Å²) < 4.78 is 31.3. The molecule has 5 fully saturated rings. The third kappa shape index (κ3) is 2.78. The predicted octanol–water partition coefficient (Wildman–Crippen LogP) is -0.190. The monoisotopic (exact) mass is 517 g/mol. The standard InChI is InChI=1S/C27H35NO9/c1-33-15-5-4-14-10-17-26(32)6-7-27(36-22-20(31)19(30)16(12-29)34-23(22)37-27)24-25(26,18(14)21(15)35-24)8-9-28(17)11-13-2-3-13/h4-5,13,16-17,19-20,22-24,29-32H,2-3,6-12H2,1H3/t16-,17-,19-,20+,22?,23?,24?,25+,26-,27+/m1/s1. The summed E-state index contributed by atoms with van der Waals surface area (Å²) in [5, 5.41) is 43.7. The first-order valence-corrected chi connectivity index (χ1v) is 13.7. The summed E-state index contributed by atoms with van der Waals surface area (Å²) in [7, 11) is 1.62. The lowest BCUT2D eigenvalue weighted by Gasteiger charge is -2.65. The molecule has 3 saturated heterocycles. The van der Waals surface area contributed by atoms with Gasteiger partial charge in [-0.25, -0.2) is 0 Å². The van der Waals surface area contributed by atoms with Gasteiger partial charge >= 0.3 is 0 Å². The van der Waals surface area contributed by atoms with Gasteiger partial charge in [0, 0.05) is 24.6 Å². The average molecular weight is 518 g/mol. The molecule has 202 valence electrons. The number of ether oxygens (including phenoxy) is 5. The molecule has 0 amide bonds. The molecule has 4 N–H and O–H groups in total. The molecule has 7 aliphatic rings. The van der Waals surface area contributed by atoms with E-state index in [1.807, 2.05) is 6.07 Å². The van der Waals surface area contributed by atoms with Crippen molar-refractivity contribution in [1.29, 1.82) is 0 Å². The van der Waals surface area contributed by atoms with Crippen LogP contribution in [0, 0.1) is 5.92 Å².